The standard InChI is InChI=1S/C13H10ClIN2O2S/c14-8-5-6(15)1-3-9(8)16-13-17-11-7(12(18)19)2-4-10(11)20-13/h1,3,5,7H,2,4H2,(H,16,17)(H,18,19). The second-order valence-corrected chi connectivity index (χ2v) is 7.24. The van der Waals surface area contributed by atoms with Crippen molar-refractivity contribution in [2.45, 2.75) is 18.8 Å². The van der Waals surface area contributed by atoms with Crippen LogP contribution in [0.25, 0.3) is 0 Å². The third-order valence-corrected chi connectivity index (χ3v) is 5.22. The molecule has 4 nitrogen and oxygen atoms in total. The topological polar surface area (TPSA) is 62.2 Å². The van der Waals surface area contributed by atoms with Crippen LogP contribution in [0.15, 0.2) is 18.2 Å². The van der Waals surface area contributed by atoms with Gasteiger partial charge in [-0.25, -0.2) is 4.98 Å². The van der Waals surface area contributed by atoms with Crippen LogP contribution in [0.4, 0.5) is 10.8 Å². The highest BCUT2D eigenvalue weighted by molar-refractivity contribution is 14.1. The summed E-state index contributed by atoms with van der Waals surface area (Å²) in [4.78, 5) is 16.6. The van der Waals surface area contributed by atoms with E-state index in [2.05, 4.69) is 32.9 Å². The van der Waals surface area contributed by atoms with Gasteiger partial charge in [0.25, 0.3) is 0 Å². The number of thiazole rings is 1. The molecule has 3 rings (SSSR count). The number of benzene rings is 1. The summed E-state index contributed by atoms with van der Waals surface area (Å²) >= 11 is 9.87. The second kappa shape index (κ2) is 5.50. The first-order chi connectivity index (χ1) is 9.54. The van der Waals surface area contributed by atoms with E-state index in [1.54, 1.807) is 0 Å². The minimum absolute atomic E-state index is 0.469. The van der Waals surface area contributed by atoms with Crippen molar-refractivity contribution in [1.82, 2.24) is 4.98 Å². The highest BCUT2D eigenvalue weighted by Gasteiger charge is 2.32. The molecule has 0 saturated heterocycles. The van der Waals surface area contributed by atoms with Gasteiger partial charge < -0.3 is 10.4 Å². The molecule has 0 bridgehead atoms. The van der Waals surface area contributed by atoms with E-state index in [4.69, 9.17) is 16.7 Å². The van der Waals surface area contributed by atoms with Gasteiger partial charge in [-0.2, -0.15) is 0 Å². The van der Waals surface area contributed by atoms with Crippen LogP contribution in [0.5, 0.6) is 0 Å². The van der Waals surface area contributed by atoms with E-state index in [-0.39, 0.29) is 0 Å². The van der Waals surface area contributed by atoms with Crippen molar-refractivity contribution in [3.8, 4) is 0 Å². The van der Waals surface area contributed by atoms with Crippen LogP contribution >= 0.6 is 45.5 Å². The molecule has 0 amide bonds. The van der Waals surface area contributed by atoms with Crippen molar-refractivity contribution in [2.75, 3.05) is 5.32 Å². The number of nitrogens with one attached hydrogen (secondary N) is 1. The molecule has 1 aromatic heterocycles. The van der Waals surface area contributed by atoms with Crippen LogP contribution in [0.1, 0.15) is 22.9 Å². The molecule has 1 aliphatic rings. The van der Waals surface area contributed by atoms with E-state index in [1.165, 1.54) is 11.3 Å². The predicted molar refractivity (Wildman–Crippen MR) is 88.3 cm³/mol. The summed E-state index contributed by atoms with van der Waals surface area (Å²) in [5.41, 5.74) is 1.48. The number of carbonyl (C=O) groups is 1. The fourth-order valence-electron chi connectivity index (χ4n) is 2.23. The Kier molecular flexibility index (Phi) is 3.87. The molecule has 2 aromatic rings. The summed E-state index contributed by atoms with van der Waals surface area (Å²) < 4.78 is 1.06. The van der Waals surface area contributed by atoms with Crippen LogP contribution in [-0.2, 0) is 11.2 Å². The number of aryl methyl sites for hydroxylation is 1. The molecule has 0 fully saturated rings. The molecule has 0 radical (unpaired) electrons. The monoisotopic (exact) mass is 420 g/mol. The van der Waals surface area contributed by atoms with Crippen molar-refractivity contribution in [3.05, 3.63) is 37.4 Å². The zero-order valence-corrected chi connectivity index (χ0v) is 13.9. The number of anilines is 2. The van der Waals surface area contributed by atoms with E-state index in [1.807, 2.05) is 18.2 Å². The van der Waals surface area contributed by atoms with Gasteiger partial charge in [-0.15, -0.1) is 11.3 Å². The van der Waals surface area contributed by atoms with Gasteiger partial charge in [0, 0.05) is 8.45 Å². The lowest BCUT2D eigenvalue weighted by Crippen LogP contribution is -2.08. The van der Waals surface area contributed by atoms with Crippen LogP contribution in [0.3, 0.4) is 0 Å². The van der Waals surface area contributed by atoms with Crippen molar-refractivity contribution in [3.63, 3.8) is 0 Å². The zero-order valence-electron chi connectivity index (χ0n) is 10.2. The number of carboxylic acids is 1. The minimum atomic E-state index is -0.798. The summed E-state index contributed by atoms with van der Waals surface area (Å²) in [5.74, 6) is -1.27. The maximum absolute atomic E-state index is 11.1. The van der Waals surface area contributed by atoms with E-state index in [9.17, 15) is 4.79 Å². The fourth-order valence-corrected chi connectivity index (χ4v) is 4.18. The first kappa shape index (κ1) is 14.1. The van der Waals surface area contributed by atoms with Crippen LogP contribution in [0.2, 0.25) is 5.02 Å². The Morgan fingerprint density at radius 2 is 2.35 bits per heavy atom. The maximum atomic E-state index is 11.1. The number of carboxylic acid groups (broad SMARTS) is 1. The Balaban J connectivity index is 1.86. The lowest BCUT2D eigenvalue weighted by atomic mass is 10.1. The number of halogens is 2. The molecule has 1 aromatic carbocycles. The van der Waals surface area contributed by atoms with Crippen LogP contribution in [0, 0.1) is 3.57 Å². The van der Waals surface area contributed by atoms with Gasteiger partial charge in [0.15, 0.2) is 5.13 Å². The third kappa shape index (κ3) is 2.64. The fraction of sp³-hybridized carbons (Fsp3) is 0.231. The van der Waals surface area contributed by atoms with Gasteiger partial charge in [-0.3, -0.25) is 4.79 Å². The van der Waals surface area contributed by atoms with E-state index in [0.29, 0.717) is 22.3 Å². The Morgan fingerprint density at radius 3 is 3.05 bits per heavy atom. The molecule has 0 saturated carbocycles. The van der Waals surface area contributed by atoms with E-state index < -0.39 is 11.9 Å². The number of aromatic nitrogens is 1. The quantitative estimate of drug-likeness (QED) is 0.729. The summed E-state index contributed by atoms with van der Waals surface area (Å²) in [7, 11) is 0. The molecule has 0 spiro atoms. The molecule has 2 N–H and O–H groups in total. The number of fused-ring (bicyclic) bond motifs is 1. The second-order valence-electron chi connectivity index (χ2n) is 4.51. The Labute approximate surface area is 138 Å². The average Bonchev–Trinajstić information content (AvgIpc) is 2.91. The Morgan fingerprint density at radius 1 is 1.55 bits per heavy atom. The van der Waals surface area contributed by atoms with Crippen molar-refractivity contribution in [2.24, 2.45) is 0 Å². The van der Waals surface area contributed by atoms with Crippen molar-refractivity contribution >= 4 is 62.3 Å². The van der Waals surface area contributed by atoms with Crippen molar-refractivity contribution in [1.29, 1.82) is 0 Å². The lowest BCUT2D eigenvalue weighted by Gasteiger charge is -2.06. The molecular formula is C13H10ClIN2O2S. The summed E-state index contributed by atoms with van der Waals surface area (Å²) in [6.07, 6.45) is 1.43. The molecule has 1 unspecified atom stereocenters. The molecule has 1 atom stereocenters. The van der Waals surface area contributed by atoms with Gasteiger partial charge in [-0.1, -0.05) is 11.6 Å². The van der Waals surface area contributed by atoms with Gasteiger partial charge >= 0.3 is 5.97 Å². The molecule has 0 aliphatic heterocycles. The SMILES string of the molecule is O=C(O)C1CCc2sc(Nc3ccc(I)cc3Cl)nc21. The molecule has 1 aliphatic carbocycles. The third-order valence-electron chi connectivity index (χ3n) is 3.19. The average molecular weight is 421 g/mol. The Hall–Kier alpha value is -0.860. The molecular weight excluding hydrogens is 411 g/mol. The molecule has 20 heavy (non-hydrogen) atoms. The minimum Gasteiger partial charge on any atom is -0.481 e. The highest BCUT2D eigenvalue weighted by atomic mass is 127. The molecule has 104 valence electrons. The normalized spacial score (nSPS) is 17.0. The van der Waals surface area contributed by atoms with E-state index >= 15 is 0 Å². The van der Waals surface area contributed by atoms with Crippen molar-refractivity contribution < 1.29 is 9.90 Å². The van der Waals surface area contributed by atoms with Gasteiger partial charge in [0.05, 0.1) is 16.4 Å². The predicted octanol–water partition coefficient (Wildman–Crippen LogP) is 4.26. The van der Waals surface area contributed by atoms with Gasteiger partial charge in [0.1, 0.15) is 5.92 Å². The van der Waals surface area contributed by atoms with Gasteiger partial charge in [0.2, 0.25) is 0 Å². The van der Waals surface area contributed by atoms with Gasteiger partial charge in [-0.05, 0) is 53.6 Å². The first-order valence-electron chi connectivity index (χ1n) is 5.99. The number of rotatable bonds is 3. The largest absolute Gasteiger partial charge is 0.481 e. The maximum Gasteiger partial charge on any atom is 0.312 e. The lowest BCUT2D eigenvalue weighted by molar-refractivity contribution is -0.138. The Bertz CT molecular complexity index is 689. The van der Waals surface area contributed by atoms with E-state index in [0.717, 1.165) is 20.6 Å². The molecule has 1 heterocycles. The highest BCUT2D eigenvalue weighted by Crippen LogP contribution is 2.39. The van der Waals surface area contributed by atoms with Crippen LogP contribution < -0.4 is 5.32 Å². The number of nitrogens with zero attached hydrogens (tertiary/aromatic N) is 1. The number of hydrogen-bond acceptors (Lipinski definition) is 4. The number of hydrogen-bond donors (Lipinski definition) is 2. The summed E-state index contributed by atoms with van der Waals surface area (Å²) in [6.45, 7) is 0. The zero-order chi connectivity index (χ0) is 14.3. The smallest absolute Gasteiger partial charge is 0.312 e. The first-order valence-corrected chi connectivity index (χ1v) is 8.26. The number of aliphatic carboxylic acids is 1. The summed E-state index contributed by atoms with van der Waals surface area (Å²) in [5, 5.41) is 13.6. The summed E-state index contributed by atoms with van der Waals surface area (Å²) in [6, 6.07) is 5.72. The molecule has 7 heteroatoms. The van der Waals surface area contributed by atoms with Crippen LogP contribution in [-0.4, -0.2) is 16.1 Å².